The van der Waals surface area contributed by atoms with Crippen LogP contribution in [0.2, 0.25) is 0 Å². The van der Waals surface area contributed by atoms with Crippen LogP contribution in [0.4, 0.5) is 11.4 Å². The highest BCUT2D eigenvalue weighted by Crippen LogP contribution is 2.41. The Morgan fingerprint density at radius 2 is 1.16 bits per heavy atom. The number of nitrogens with zero attached hydrogens (tertiary/aromatic N) is 4. The summed E-state index contributed by atoms with van der Waals surface area (Å²) in [4.78, 5) is 16.6. The van der Waals surface area contributed by atoms with E-state index in [1.165, 1.54) is 39.8 Å². The molecule has 0 N–H and O–H groups in total. The van der Waals surface area contributed by atoms with Crippen LogP contribution in [0.5, 0.6) is 0 Å². The molecule has 2 aromatic rings. The molecule has 3 rings (SSSR count). The lowest BCUT2D eigenvalue weighted by Gasteiger charge is -2.31. The van der Waals surface area contributed by atoms with Crippen molar-refractivity contribution in [3.63, 3.8) is 0 Å². The van der Waals surface area contributed by atoms with E-state index >= 15 is 0 Å². The quantitative estimate of drug-likeness (QED) is 0.203. The van der Waals surface area contributed by atoms with Gasteiger partial charge in [0.25, 0.3) is 0 Å². The van der Waals surface area contributed by atoms with Gasteiger partial charge in [0, 0.05) is 13.1 Å². The summed E-state index contributed by atoms with van der Waals surface area (Å²) in [7, 11) is 0. The molecule has 1 saturated heterocycles. The summed E-state index contributed by atoms with van der Waals surface area (Å²) in [6.45, 7) is 21.5. The van der Waals surface area contributed by atoms with Gasteiger partial charge in [-0.1, -0.05) is 91.8 Å². The molecule has 1 aliphatic rings. The second kappa shape index (κ2) is 12.4. The first-order chi connectivity index (χ1) is 17.6. The Kier molecular flexibility index (Phi) is 9.52. The third kappa shape index (κ3) is 6.23. The Morgan fingerprint density at radius 3 is 1.49 bits per heavy atom. The molecule has 0 aliphatic carbocycles. The number of para-hydroxylation sites is 2. The van der Waals surface area contributed by atoms with Crippen molar-refractivity contribution in [2.75, 3.05) is 29.5 Å². The highest BCUT2D eigenvalue weighted by Gasteiger charge is 2.35. The highest BCUT2D eigenvalue weighted by atomic mass is 16.5. The van der Waals surface area contributed by atoms with Crippen molar-refractivity contribution in [1.29, 1.82) is 0 Å². The van der Waals surface area contributed by atoms with Crippen molar-refractivity contribution in [2.45, 2.75) is 86.0 Å². The maximum atomic E-state index is 12.0. The molecule has 1 fully saturated rings. The third-order valence-electron chi connectivity index (χ3n) is 6.85. The maximum absolute atomic E-state index is 12.0. The highest BCUT2D eigenvalue weighted by molar-refractivity contribution is 6.23. The van der Waals surface area contributed by atoms with Gasteiger partial charge in [0.15, 0.2) is 0 Å². The lowest BCUT2D eigenvalue weighted by atomic mass is 9.91. The van der Waals surface area contributed by atoms with Gasteiger partial charge in [-0.15, -0.1) is 10.2 Å². The molecule has 6 heteroatoms. The number of carbonyl (C=O) groups excluding carboxylic acids is 1. The van der Waals surface area contributed by atoms with Crippen LogP contribution in [0, 0.1) is 0 Å². The lowest BCUT2D eigenvalue weighted by molar-refractivity contribution is -0.134. The number of benzene rings is 2. The number of carbonyl (C=O) groups is 1. The largest absolute Gasteiger partial charge is 0.462 e. The van der Waals surface area contributed by atoms with Crippen molar-refractivity contribution < 1.29 is 9.53 Å². The molecule has 37 heavy (non-hydrogen) atoms. The van der Waals surface area contributed by atoms with E-state index in [0.29, 0.717) is 30.3 Å². The first-order valence-electron chi connectivity index (χ1n) is 13.7. The maximum Gasteiger partial charge on any atom is 0.351 e. The second-order valence-corrected chi connectivity index (χ2v) is 10.9. The van der Waals surface area contributed by atoms with E-state index in [1.54, 1.807) is 6.92 Å². The zero-order chi connectivity index (χ0) is 27.3. The van der Waals surface area contributed by atoms with E-state index in [-0.39, 0.29) is 0 Å². The zero-order valence-corrected chi connectivity index (χ0v) is 24.1. The minimum Gasteiger partial charge on any atom is -0.462 e. The van der Waals surface area contributed by atoms with Crippen LogP contribution in [0.15, 0.2) is 46.6 Å². The molecule has 1 aliphatic heterocycles. The molecule has 0 radical (unpaired) electrons. The van der Waals surface area contributed by atoms with Gasteiger partial charge in [-0.05, 0) is 52.8 Å². The lowest BCUT2D eigenvalue weighted by Crippen LogP contribution is -2.36. The van der Waals surface area contributed by atoms with Crippen LogP contribution in [-0.2, 0) is 9.53 Å². The Hall–Kier alpha value is -3.15. The summed E-state index contributed by atoms with van der Waals surface area (Å²) in [5.74, 6) is 1.65. The number of ether oxygens (including phenoxy) is 1. The molecule has 0 bridgehead atoms. The fraction of sp³-hybridized carbons (Fsp3) is 0.516. The molecule has 0 saturated carbocycles. The van der Waals surface area contributed by atoms with Crippen LogP contribution >= 0.6 is 0 Å². The summed E-state index contributed by atoms with van der Waals surface area (Å²) in [6.07, 6.45) is 1.17. The Balaban J connectivity index is 2.26. The van der Waals surface area contributed by atoms with Gasteiger partial charge >= 0.3 is 5.97 Å². The van der Waals surface area contributed by atoms with Gasteiger partial charge in [-0.3, -0.25) is 0 Å². The van der Waals surface area contributed by atoms with Crippen molar-refractivity contribution in [3.05, 3.63) is 58.7 Å². The summed E-state index contributed by atoms with van der Waals surface area (Å²) < 4.78 is 5.05. The van der Waals surface area contributed by atoms with Crippen molar-refractivity contribution in [3.8, 4) is 0 Å². The topological polar surface area (TPSA) is 57.5 Å². The molecular weight excluding hydrogens is 460 g/mol. The SMILES string of the molecule is CCOC(=O)/C=N/N=C1N(c2c(C(C)C)cccc2C(C)C)CCN1c1c(C(C)C)cccc1C(C)C. The number of anilines is 2. The van der Waals surface area contributed by atoms with E-state index in [1.807, 2.05) is 0 Å². The van der Waals surface area contributed by atoms with Crippen molar-refractivity contribution in [1.82, 2.24) is 0 Å². The molecule has 0 amide bonds. The minimum atomic E-state index is -0.487. The van der Waals surface area contributed by atoms with E-state index in [0.717, 1.165) is 19.0 Å². The molecule has 6 nitrogen and oxygen atoms in total. The van der Waals surface area contributed by atoms with Gasteiger partial charge in [0.2, 0.25) is 5.96 Å². The Bertz CT molecular complexity index is 1020. The minimum absolute atomic E-state index is 0.304. The molecular formula is C31H44N4O2. The van der Waals surface area contributed by atoms with Gasteiger partial charge in [-0.25, -0.2) is 4.79 Å². The van der Waals surface area contributed by atoms with Gasteiger partial charge < -0.3 is 14.5 Å². The molecule has 0 unspecified atom stereocenters. The fourth-order valence-corrected chi connectivity index (χ4v) is 5.03. The average molecular weight is 505 g/mol. The second-order valence-electron chi connectivity index (χ2n) is 10.9. The molecule has 1 heterocycles. The zero-order valence-electron chi connectivity index (χ0n) is 24.1. The predicted octanol–water partition coefficient (Wildman–Crippen LogP) is 7.41. The summed E-state index contributed by atoms with van der Waals surface area (Å²) in [6, 6.07) is 13.2. The number of hydrogen-bond acceptors (Lipinski definition) is 4. The monoisotopic (exact) mass is 504 g/mol. The number of guanidine groups is 1. The van der Waals surface area contributed by atoms with Crippen molar-refractivity contribution in [2.24, 2.45) is 10.2 Å². The van der Waals surface area contributed by atoms with Crippen LogP contribution < -0.4 is 9.80 Å². The molecule has 0 aromatic heterocycles. The molecule has 200 valence electrons. The summed E-state index contributed by atoms with van der Waals surface area (Å²) in [5, 5.41) is 8.93. The molecule has 2 aromatic carbocycles. The van der Waals surface area contributed by atoms with E-state index in [4.69, 9.17) is 9.84 Å². The molecule has 0 spiro atoms. The Morgan fingerprint density at radius 1 is 0.784 bits per heavy atom. The third-order valence-corrected chi connectivity index (χ3v) is 6.85. The van der Waals surface area contributed by atoms with Gasteiger partial charge in [-0.2, -0.15) is 0 Å². The van der Waals surface area contributed by atoms with Crippen molar-refractivity contribution >= 4 is 29.5 Å². The summed E-state index contributed by atoms with van der Waals surface area (Å²) in [5.41, 5.74) is 7.56. The first kappa shape index (κ1) is 28.4. The number of esters is 1. The smallest absolute Gasteiger partial charge is 0.351 e. The predicted molar refractivity (Wildman–Crippen MR) is 156 cm³/mol. The average Bonchev–Trinajstić information content (AvgIpc) is 3.26. The van der Waals surface area contributed by atoms with Gasteiger partial charge in [0.1, 0.15) is 6.21 Å². The van der Waals surface area contributed by atoms with E-state index < -0.39 is 5.97 Å². The van der Waals surface area contributed by atoms with Crippen LogP contribution in [0.25, 0.3) is 0 Å². The number of hydrogen-bond donors (Lipinski definition) is 0. The summed E-state index contributed by atoms with van der Waals surface area (Å²) >= 11 is 0. The Labute approximate surface area is 223 Å². The molecule has 0 atom stereocenters. The fourth-order valence-electron chi connectivity index (χ4n) is 5.03. The van der Waals surface area contributed by atoms with Crippen LogP contribution in [-0.4, -0.2) is 37.8 Å². The number of rotatable bonds is 9. The van der Waals surface area contributed by atoms with Crippen LogP contribution in [0.3, 0.4) is 0 Å². The van der Waals surface area contributed by atoms with E-state index in [9.17, 15) is 4.79 Å². The van der Waals surface area contributed by atoms with E-state index in [2.05, 4.69) is 107 Å². The van der Waals surface area contributed by atoms with Crippen LogP contribution in [0.1, 0.15) is 108 Å². The standard InChI is InChI=1S/C31H44N4O2/c1-10-37-28(36)19-32-33-31-34(29-24(20(2)3)13-11-14-25(29)21(4)5)17-18-35(31)30-26(22(6)7)15-12-16-27(30)23(8)9/h11-16,19-23H,10,17-18H2,1-9H3/b32-19+. The normalized spacial score (nSPS) is 14.2. The van der Waals surface area contributed by atoms with Gasteiger partial charge in [0.05, 0.1) is 18.0 Å². The first-order valence-corrected chi connectivity index (χ1v) is 13.7.